The summed E-state index contributed by atoms with van der Waals surface area (Å²) in [5.74, 6) is 0. The second-order valence-corrected chi connectivity index (χ2v) is 4.61. The van der Waals surface area contributed by atoms with Crippen LogP contribution in [0, 0.1) is 5.41 Å². The van der Waals surface area contributed by atoms with E-state index in [9.17, 15) is 13.2 Å². The zero-order chi connectivity index (χ0) is 11.3. The molecule has 0 saturated carbocycles. The molecule has 0 fully saturated rings. The Balaban J connectivity index is 2.39. The Labute approximate surface area is 86.3 Å². The lowest BCUT2D eigenvalue weighted by atomic mass is 9.79. The van der Waals surface area contributed by atoms with Gasteiger partial charge in [-0.3, -0.25) is 4.99 Å². The molecule has 0 unspecified atom stereocenters. The molecule has 0 atom stereocenters. The van der Waals surface area contributed by atoms with E-state index in [1.165, 1.54) is 0 Å². The first-order chi connectivity index (χ1) is 6.82. The van der Waals surface area contributed by atoms with Crippen LogP contribution in [0.15, 0.2) is 16.1 Å². The summed E-state index contributed by atoms with van der Waals surface area (Å²) in [7, 11) is 0. The van der Waals surface area contributed by atoms with Crippen molar-refractivity contribution in [1.29, 1.82) is 0 Å². The number of aliphatic imine (C=N–C) groups is 1. The Hall–Kier alpha value is -0.840. The molecule has 1 N–H and O–H groups in total. The third-order valence-corrected chi connectivity index (χ3v) is 3.00. The monoisotopic (exact) mass is 218 g/mol. The lowest BCUT2D eigenvalue weighted by Crippen LogP contribution is -2.41. The fourth-order valence-electron chi connectivity index (χ4n) is 2.17. The van der Waals surface area contributed by atoms with Gasteiger partial charge in [-0.1, -0.05) is 13.8 Å². The van der Waals surface area contributed by atoms with Crippen LogP contribution in [0.1, 0.15) is 13.8 Å². The molecule has 0 aliphatic carbocycles. The predicted octanol–water partition coefficient (Wildman–Crippen LogP) is 1.93. The molecule has 0 aromatic rings. The van der Waals surface area contributed by atoms with Crippen LogP contribution in [0.3, 0.4) is 0 Å². The van der Waals surface area contributed by atoms with Gasteiger partial charge in [-0.25, -0.2) is 0 Å². The molecule has 2 nitrogen and oxygen atoms in total. The van der Waals surface area contributed by atoms with Gasteiger partial charge in [0.05, 0.1) is 6.54 Å². The third kappa shape index (κ3) is 1.69. The predicted molar refractivity (Wildman–Crippen MR) is 52.0 cm³/mol. The molecule has 0 aromatic heterocycles. The quantitative estimate of drug-likeness (QED) is 0.660. The highest BCUT2D eigenvalue weighted by Gasteiger charge is 2.44. The number of hydrogen-bond donors (Lipinski definition) is 1. The van der Waals surface area contributed by atoms with Crippen molar-refractivity contribution < 1.29 is 13.2 Å². The Kier molecular flexibility index (Phi) is 2.19. The van der Waals surface area contributed by atoms with Crippen molar-refractivity contribution in [3.8, 4) is 0 Å². The van der Waals surface area contributed by atoms with Crippen molar-refractivity contribution in [3.63, 3.8) is 0 Å². The van der Waals surface area contributed by atoms with E-state index < -0.39 is 11.9 Å². The molecule has 5 heteroatoms. The summed E-state index contributed by atoms with van der Waals surface area (Å²) in [6, 6.07) is 0. The van der Waals surface area contributed by atoms with E-state index >= 15 is 0 Å². The summed E-state index contributed by atoms with van der Waals surface area (Å²) < 4.78 is 37.8. The summed E-state index contributed by atoms with van der Waals surface area (Å²) in [4.78, 5) is 3.62. The van der Waals surface area contributed by atoms with Gasteiger partial charge in [0.25, 0.3) is 0 Å². The van der Waals surface area contributed by atoms with E-state index in [0.29, 0.717) is 12.1 Å². The Morgan fingerprint density at radius 3 is 2.60 bits per heavy atom. The van der Waals surface area contributed by atoms with Gasteiger partial charge in [-0.05, 0) is 11.1 Å². The highest BCUT2D eigenvalue weighted by atomic mass is 19.4. The fraction of sp³-hybridized carbons (Fsp3) is 0.700. The SMILES string of the molecule is CC1(C)CNCC2=C1CN=C2C(F)(F)F. The summed E-state index contributed by atoms with van der Waals surface area (Å²) >= 11 is 0. The molecule has 0 saturated heterocycles. The smallest absolute Gasteiger partial charge is 0.312 e. The first-order valence-electron chi connectivity index (χ1n) is 4.87. The molecule has 84 valence electrons. The third-order valence-electron chi connectivity index (χ3n) is 3.00. The van der Waals surface area contributed by atoms with Crippen LogP contribution in [0.4, 0.5) is 13.2 Å². The van der Waals surface area contributed by atoms with E-state index in [1.807, 2.05) is 13.8 Å². The standard InChI is InChI=1S/C10H13F3N2/c1-9(2)5-14-3-6-7(9)4-15-8(6)10(11,12)13/h14H,3-5H2,1-2H3. The van der Waals surface area contributed by atoms with Crippen LogP contribution in [0.5, 0.6) is 0 Å². The minimum Gasteiger partial charge on any atom is -0.312 e. The van der Waals surface area contributed by atoms with Crippen molar-refractivity contribution in [1.82, 2.24) is 5.32 Å². The molecule has 15 heavy (non-hydrogen) atoms. The molecule has 2 aliphatic heterocycles. The minimum atomic E-state index is -4.31. The average molecular weight is 218 g/mol. The number of nitrogens with zero attached hydrogens (tertiary/aromatic N) is 1. The second kappa shape index (κ2) is 3.07. The normalized spacial score (nSPS) is 25.3. The molecule has 0 radical (unpaired) electrons. The summed E-state index contributed by atoms with van der Waals surface area (Å²) in [6.07, 6.45) is -4.31. The minimum absolute atomic E-state index is 0.207. The van der Waals surface area contributed by atoms with E-state index in [1.54, 1.807) is 0 Å². The lowest BCUT2D eigenvalue weighted by Gasteiger charge is -2.32. The number of halogens is 3. The van der Waals surface area contributed by atoms with Crippen LogP contribution in [0.25, 0.3) is 0 Å². The van der Waals surface area contributed by atoms with E-state index in [0.717, 1.165) is 5.57 Å². The van der Waals surface area contributed by atoms with Gasteiger partial charge < -0.3 is 5.32 Å². The van der Waals surface area contributed by atoms with Crippen LogP contribution in [0.2, 0.25) is 0 Å². The van der Waals surface area contributed by atoms with Gasteiger partial charge >= 0.3 is 6.18 Å². The Morgan fingerprint density at radius 2 is 2.00 bits per heavy atom. The van der Waals surface area contributed by atoms with Gasteiger partial charge in [-0.2, -0.15) is 13.2 Å². The van der Waals surface area contributed by atoms with Crippen molar-refractivity contribution in [2.24, 2.45) is 10.4 Å². The Bertz CT molecular complexity index is 350. The van der Waals surface area contributed by atoms with Crippen molar-refractivity contribution in [2.45, 2.75) is 20.0 Å². The van der Waals surface area contributed by atoms with Crippen molar-refractivity contribution >= 4 is 5.71 Å². The van der Waals surface area contributed by atoms with Crippen LogP contribution in [-0.4, -0.2) is 31.5 Å². The largest absolute Gasteiger partial charge is 0.433 e. The van der Waals surface area contributed by atoms with E-state index in [2.05, 4.69) is 10.3 Å². The molecular formula is C10H13F3N2. The number of rotatable bonds is 0. The van der Waals surface area contributed by atoms with E-state index in [-0.39, 0.29) is 18.5 Å². The molecule has 0 amide bonds. The van der Waals surface area contributed by atoms with Gasteiger partial charge in [0.2, 0.25) is 0 Å². The average Bonchev–Trinajstić information content (AvgIpc) is 2.46. The molecule has 2 rings (SSSR count). The van der Waals surface area contributed by atoms with E-state index in [4.69, 9.17) is 0 Å². The topological polar surface area (TPSA) is 24.4 Å². The summed E-state index contributed by atoms with van der Waals surface area (Å²) in [6.45, 7) is 5.11. The van der Waals surface area contributed by atoms with Gasteiger partial charge in [0.15, 0.2) is 0 Å². The maximum atomic E-state index is 12.6. The van der Waals surface area contributed by atoms with Crippen LogP contribution >= 0.6 is 0 Å². The highest BCUT2D eigenvalue weighted by Crippen LogP contribution is 2.38. The second-order valence-electron chi connectivity index (χ2n) is 4.61. The van der Waals surface area contributed by atoms with Crippen molar-refractivity contribution in [2.75, 3.05) is 19.6 Å². The number of nitrogens with one attached hydrogen (secondary N) is 1. The molecular weight excluding hydrogens is 205 g/mol. The summed E-state index contributed by atoms with van der Waals surface area (Å²) in [5, 5.41) is 3.01. The summed E-state index contributed by atoms with van der Waals surface area (Å²) in [5.41, 5.74) is 0.300. The number of hydrogen-bond acceptors (Lipinski definition) is 2. The maximum Gasteiger partial charge on any atom is 0.433 e. The molecule has 2 aliphatic rings. The fourth-order valence-corrected chi connectivity index (χ4v) is 2.17. The Morgan fingerprint density at radius 1 is 1.33 bits per heavy atom. The van der Waals surface area contributed by atoms with Crippen LogP contribution < -0.4 is 5.32 Å². The molecule has 2 heterocycles. The van der Waals surface area contributed by atoms with Gasteiger partial charge in [0, 0.05) is 18.5 Å². The van der Waals surface area contributed by atoms with Gasteiger partial charge in [-0.15, -0.1) is 0 Å². The first-order valence-corrected chi connectivity index (χ1v) is 4.87. The zero-order valence-electron chi connectivity index (χ0n) is 8.70. The van der Waals surface area contributed by atoms with Crippen molar-refractivity contribution in [3.05, 3.63) is 11.1 Å². The van der Waals surface area contributed by atoms with Gasteiger partial charge in [0.1, 0.15) is 5.71 Å². The highest BCUT2D eigenvalue weighted by molar-refractivity contribution is 6.07. The zero-order valence-corrected chi connectivity index (χ0v) is 8.70. The molecule has 0 spiro atoms. The number of alkyl halides is 3. The van der Waals surface area contributed by atoms with Crippen LogP contribution in [-0.2, 0) is 0 Å². The molecule has 0 aromatic carbocycles. The molecule has 0 bridgehead atoms. The lowest BCUT2D eigenvalue weighted by molar-refractivity contribution is -0.0582. The maximum absolute atomic E-state index is 12.6. The first kappa shape index (κ1) is 10.7.